The normalized spacial score (nSPS) is 42.1. The number of esters is 3. The van der Waals surface area contributed by atoms with Crippen LogP contribution in [0, 0.1) is 88.8 Å². The van der Waals surface area contributed by atoms with Gasteiger partial charge in [0.1, 0.15) is 5.60 Å². The Labute approximate surface area is 284 Å². The zero-order valence-corrected chi connectivity index (χ0v) is 30.9. The Balaban J connectivity index is 0.000000162. The third-order valence-electron chi connectivity index (χ3n) is 13.9. The Bertz CT molecular complexity index is 1090. The highest BCUT2D eigenvalue weighted by molar-refractivity contribution is 6.29. The average Bonchev–Trinajstić information content (AvgIpc) is 3.86. The molecule has 268 valence electrons. The first-order valence-electron chi connectivity index (χ1n) is 18.7. The van der Waals surface area contributed by atoms with E-state index in [1.165, 1.54) is 25.7 Å². The first-order chi connectivity index (χ1) is 22.1. The number of ether oxygens (including phenoxy) is 4. The van der Waals surface area contributed by atoms with Gasteiger partial charge in [-0.25, -0.2) is 9.59 Å². The van der Waals surface area contributed by atoms with Gasteiger partial charge in [-0.2, -0.15) is 0 Å². The van der Waals surface area contributed by atoms with E-state index in [4.69, 9.17) is 14.2 Å². The van der Waals surface area contributed by atoms with E-state index in [1.807, 2.05) is 20.8 Å². The van der Waals surface area contributed by atoms with E-state index in [0.717, 1.165) is 60.2 Å². The number of carbonyl (C=O) groups is 4. The van der Waals surface area contributed by atoms with Crippen LogP contribution < -0.4 is 0 Å². The maximum absolute atomic E-state index is 12.1. The summed E-state index contributed by atoms with van der Waals surface area (Å²) in [4.78, 5) is 44.6. The van der Waals surface area contributed by atoms with Crippen molar-refractivity contribution >= 4 is 24.4 Å². The van der Waals surface area contributed by atoms with Crippen molar-refractivity contribution in [2.24, 2.45) is 88.8 Å². The Hall–Kier alpha value is -2.12. The number of hydrogen-bond donors (Lipinski definition) is 0. The summed E-state index contributed by atoms with van der Waals surface area (Å²) in [5.41, 5.74) is -0.340. The Morgan fingerprint density at radius 3 is 1.47 bits per heavy atom. The van der Waals surface area contributed by atoms with Gasteiger partial charge in [-0.3, -0.25) is 9.59 Å². The van der Waals surface area contributed by atoms with E-state index < -0.39 is 11.9 Å². The first kappa shape index (κ1) is 37.7. The summed E-state index contributed by atoms with van der Waals surface area (Å²) in [6.07, 6.45) is 7.34. The minimum atomic E-state index is -0.873. The third kappa shape index (κ3) is 8.55. The van der Waals surface area contributed by atoms with E-state index in [-0.39, 0.29) is 24.1 Å². The van der Waals surface area contributed by atoms with E-state index in [0.29, 0.717) is 55.2 Å². The molecule has 6 aliphatic carbocycles. The van der Waals surface area contributed by atoms with E-state index in [2.05, 4.69) is 46.3 Å². The van der Waals surface area contributed by atoms with Gasteiger partial charge in [0.15, 0.2) is 0 Å². The zero-order chi connectivity index (χ0) is 34.8. The molecular formula is C39H64O8. The molecule has 6 aliphatic rings. The van der Waals surface area contributed by atoms with Gasteiger partial charge in [0.05, 0.1) is 25.7 Å². The molecule has 0 N–H and O–H groups in total. The highest BCUT2D eigenvalue weighted by Gasteiger charge is 2.52. The second-order valence-electron chi connectivity index (χ2n) is 17.2. The molecule has 8 heteroatoms. The lowest BCUT2D eigenvalue weighted by molar-refractivity contribution is -0.168. The van der Waals surface area contributed by atoms with Gasteiger partial charge in [-0.15, -0.1) is 0 Å². The summed E-state index contributed by atoms with van der Waals surface area (Å²) in [5, 5.41) is 0. The number of rotatable bonds is 7. The van der Waals surface area contributed by atoms with Crippen LogP contribution in [0.4, 0.5) is 0 Å². The predicted octanol–water partition coefficient (Wildman–Crippen LogP) is 7.36. The van der Waals surface area contributed by atoms with Crippen LogP contribution in [0.3, 0.4) is 0 Å². The van der Waals surface area contributed by atoms with Crippen LogP contribution in [-0.2, 0) is 38.1 Å². The van der Waals surface area contributed by atoms with E-state index in [9.17, 15) is 19.2 Å². The molecule has 6 rings (SSSR count). The van der Waals surface area contributed by atoms with Crippen molar-refractivity contribution in [2.75, 3.05) is 19.8 Å². The molecule has 0 amide bonds. The summed E-state index contributed by atoms with van der Waals surface area (Å²) in [7, 11) is 0. The van der Waals surface area contributed by atoms with Crippen molar-refractivity contribution in [3.05, 3.63) is 0 Å². The molecule has 15 atom stereocenters. The number of fused-ring (bicyclic) bond motifs is 6. The fourth-order valence-electron chi connectivity index (χ4n) is 10.8. The van der Waals surface area contributed by atoms with Gasteiger partial charge in [-0.05, 0) is 149 Å². The molecule has 6 bridgehead atoms. The molecule has 6 saturated carbocycles. The molecule has 6 fully saturated rings. The van der Waals surface area contributed by atoms with Crippen molar-refractivity contribution in [3.8, 4) is 0 Å². The zero-order valence-electron chi connectivity index (χ0n) is 30.9. The molecule has 0 saturated heterocycles. The van der Waals surface area contributed by atoms with Crippen molar-refractivity contribution < 1.29 is 38.1 Å². The summed E-state index contributed by atoms with van der Waals surface area (Å²) < 4.78 is 20.1. The first-order valence-corrected chi connectivity index (χ1v) is 18.7. The van der Waals surface area contributed by atoms with Gasteiger partial charge < -0.3 is 18.9 Å². The van der Waals surface area contributed by atoms with Crippen LogP contribution in [0.1, 0.15) is 108 Å². The fraction of sp³-hybridized carbons (Fsp3) is 0.897. The number of carbonyl (C=O) groups excluding carboxylic acids is 4. The second-order valence-corrected chi connectivity index (χ2v) is 17.2. The molecule has 0 aromatic carbocycles. The third-order valence-corrected chi connectivity index (χ3v) is 13.9. The molecule has 0 aliphatic heterocycles. The standard InChI is InChI=1S/C14H22O4.C14H24O2.C11H18O2/c1-4-17-13(15)14(16)18-7-11-5-10-6-12(11)9(3)8(10)2;1-8-9(2)11-6-10(8)7-12(11)13(15)16-14(3,4)5;1-7-8(2)11-4-9(7)3-10(11)5-13-6-12/h8-12H,4-7H2,1-3H3;8-12H,6-7H2,1-5H3;6-11H,3-5H2,1-2H3. The lowest BCUT2D eigenvalue weighted by atomic mass is 9.76. The van der Waals surface area contributed by atoms with Crippen LogP contribution in [-0.4, -0.2) is 49.8 Å². The van der Waals surface area contributed by atoms with Gasteiger partial charge in [0.25, 0.3) is 6.47 Å². The maximum Gasteiger partial charge on any atom is 0.417 e. The SMILES string of the molecule is CC1C2CC(C(=O)OC(C)(C)C)C(C2)C1C.CC1C2CC(COC=O)C(C2)C1C.CCOC(=O)C(=O)OCC1CC2CC1C(C)C2C. The van der Waals surface area contributed by atoms with E-state index >= 15 is 0 Å². The molecule has 47 heavy (non-hydrogen) atoms. The lowest BCUT2D eigenvalue weighted by Gasteiger charge is -2.32. The molecule has 0 radical (unpaired) electrons. The summed E-state index contributed by atoms with van der Waals surface area (Å²) in [5.74, 6) is 8.76. The van der Waals surface area contributed by atoms with Gasteiger partial charge >= 0.3 is 17.9 Å². The molecule has 8 nitrogen and oxygen atoms in total. The summed E-state index contributed by atoms with van der Waals surface area (Å²) in [6, 6.07) is 0. The smallest absolute Gasteiger partial charge is 0.417 e. The largest absolute Gasteiger partial charge is 0.468 e. The fourth-order valence-corrected chi connectivity index (χ4v) is 10.8. The van der Waals surface area contributed by atoms with Crippen LogP contribution in [0.5, 0.6) is 0 Å². The second kappa shape index (κ2) is 15.6. The molecule has 0 heterocycles. The van der Waals surface area contributed by atoms with Crippen molar-refractivity contribution in [1.82, 2.24) is 0 Å². The van der Waals surface area contributed by atoms with Crippen LogP contribution in [0.25, 0.3) is 0 Å². The van der Waals surface area contributed by atoms with Crippen LogP contribution in [0.15, 0.2) is 0 Å². The quantitative estimate of drug-likeness (QED) is 0.121. The van der Waals surface area contributed by atoms with Crippen LogP contribution in [0.2, 0.25) is 0 Å². The molecule has 0 aromatic rings. The molecular weight excluding hydrogens is 596 g/mol. The van der Waals surface area contributed by atoms with Gasteiger partial charge in [-0.1, -0.05) is 41.5 Å². The Kier molecular flexibility index (Phi) is 12.5. The van der Waals surface area contributed by atoms with Crippen molar-refractivity contribution in [3.63, 3.8) is 0 Å². The molecule has 15 unspecified atom stereocenters. The van der Waals surface area contributed by atoms with E-state index in [1.54, 1.807) is 6.92 Å². The average molecular weight is 661 g/mol. The maximum atomic E-state index is 12.1. The topological polar surface area (TPSA) is 105 Å². The predicted molar refractivity (Wildman–Crippen MR) is 180 cm³/mol. The van der Waals surface area contributed by atoms with Gasteiger partial charge in [0.2, 0.25) is 0 Å². The van der Waals surface area contributed by atoms with Crippen LogP contribution >= 0.6 is 0 Å². The molecule has 0 spiro atoms. The highest BCUT2D eigenvalue weighted by Crippen LogP contribution is 2.57. The highest BCUT2D eigenvalue weighted by atomic mass is 16.6. The van der Waals surface area contributed by atoms with Crippen molar-refractivity contribution in [2.45, 2.75) is 113 Å². The Morgan fingerprint density at radius 1 is 0.617 bits per heavy atom. The minimum absolute atomic E-state index is 0.0405. The Morgan fingerprint density at radius 2 is 1.06 bits per heavy atom. The molecule has 0 aromatic heterocycles. The lowest BCUT2D eigenvalue weighted by Crippen LogP contribution is -2.35. The minimum Gasteiger partial charge on any atom is -0.468 e. The monoisotopic (exact) mass is 660 g/mol. The summed E-state index contributed by atoms with van der Waals surface area (Å²) in [6.45, 7) is 23.3. The number of hydrogen-bond acceptors (Lipinski definition) is 8. The van der Waals surface area contributed by atoms with Crippen molar-refractivity contribution in [1.29, 1.82) is 0 Å². The summed E-state index contributed by atoms with van der Waals surface area (Å²) >= 11 is 0. The van der Waals surface area contributed by atoms with Gasteiger partial charge in [0, 0.05) is 0 Å².